The van der Waals surface area contributed by atoms with Crippen LogP contribution < -0.4 is 29.0 Å². The van der Waals surface area contributed by atoms with Crippen LogP contribution in [0.3, 0.4) is 0 Å². The fraction of sp³-hybridized carbons (Fsp3) is 0.373. The Balaban J connectivity index is 1.26. The van der Waals surface area contributed by atoms with Gasteiger partial charge in [-0.15, -0.1) is 0 Å². The molecule has 4 atom stereocenters. The average Bonchev–Trinajstić information content (AvgIpc) is 3.28. The number of hydrogen-bond acceptors (Lipinski definition) is 10. The van der Waals surface area contributed by atoms with Crippen LogP contribution in [0.4, 0.5) is 17.1 Å². The maximum atomic E-state index is 13.9. The molecule has 0 fully saturated rings. The van der Waals surface area contributed by atoms with E-state index in [2.05, 4.69) is 74.6 Å². The van der Waals surface area contributed by atoms with E-state index in [0.717, 1.165) is 35.4 Å². The largest absolute Gasteiger partial charge is 0.497 e. The van der Waals surface area contributed by atoms with Gasteiger partial charge in [0.1, 0.15) is 5.75 Å². The third-order valence-electron chi connectivity index (χ3n) is 11.5. The molecule has 1 heterocycles. The molecule has 4 aromatic carbocycles. The molecule has 4 aromatic rings. The van der Waals surface area contributed by atoms with Gasteiger partial charge in [0.05, 0.1) is 45.9 Å². The molecule has 0 aliphatic carbocycles. The average molecular weight is 828 g/mol. The monoisotopic (exact) mass is 827 g/mol. The number of ether oxygens (including phenoxy) is 5. The van der Waals surface area contributed by atoms with Crippen LogP contribution in [-0.4, -0.2) is 65.6 Å². The van der Waals surface area contributed by atoms with Crippen LogP contribution in [0.5, 0.6) is 28.7 Å². The first kappa shape index (κ1) is 45.9. The first-order valence-corrected chi connectivity index (χ1v) is 21.0. The second kappa shape index (κ2) is 21.9. The van der Waals surface area contributed by atoms with Crippen molar-refractivity contribution in [1.82, 2.24) is 0 Å². The lowest BCUT2D eigenvalue weighted by atomic mass is 9.76. The Kier molecular flexibility index (Phi) is 16.5. The van der Waals surface area contributed by atoms with Crippen molar-refractivity contribution in [2.24, 2.45) is 33.7 Å². The molecule has 322 valence electrons. The molecule has 0 amide bonds. The van der Waals surface area contributed by atoms with Gasteiger partial charge in [0.15, 0.2) is 34.6 Å². The minimum atomic E-state index is -0.235. The summed E-state index contributed by atoms with van der Waals surface area (Å²) in [6.07, 6.45) is 10.2. The molecule has 5 rings (SSSR count). The van der Waals surface area contributed by atoms with Crippen LogP contribution in [0.1, 0.15) is 92.6 Å². The van der Waals surface area contributed by atoms with Gasteiger partial charge in [0.25, 0.3) is 0 Å². The molecule has 0 bridgehead atoms. The minimum Gasteiger partial charge on any atom is -0.497 e. The maximum absolute atomic E-state index is 13.9. The number of anilines is 1. The van der Waals surface area contributed by atoms with Crippen LogP contribution in [-0.2, 0) is 0 Å². The Morgan fingerprint density at radius 3 is 2.02 bits per heavy atom. The van der Waals surface area contributed by atoms with Crippen LogP contribution in [0.25, 0.3) is 11.1 Å². The van der Waals surface area contributed by atoms with E-state index in [9.17, 15) is 9.59 Å². The van der Waals surface area contributed by atoms with E-state index in [-0.39, 0.29) is 35.2 Å². The number of carbonyl (C=O) groups is 2. The number of methoxy groups -OCH3 is 3. The molecule has 1 aliphatic heterocycles. The van der Waals surface area contributed by atoms with Crippen molar-refractivity contribution in [1.29, 1.82) is 0 Å². The quantitative estimate of drug-likeness (QED) is 0.0564. The van der Waals surface area contributed by atoms with Gasteiger partial charge < -0.3 is 29.0 Å². The number of Topliss-reactive ketones (excluding diaryl/α,β-unsaturated/α-hetero) is 2. The molecule has 0 aromatic heterocycles. The summed E-state index contributed by atoms with van der Waals surface area (Å²) in [7, 11) is 6.68. The van der Waals surface area contributed by atoms with Crippen molar-refractivity contribution in [3.8, 4) is 28.7 Å². The number of hydrogen-bond donors (Lipinski definition) is 1. The van der Waals surface area contributed by atoms with Crippen LogP contribution in [0, 0.1) is 23.7 Å². The minimum absolute atomic E-state index is 0.0296. The van der Waals surface area contributed by atoms with Crippen LogP contribution in [0.2, 0.25) is 0 Å². The lowest BCUT2D eigenvalue weighted by molar-refractivity contribution is 0.0878. The predicted molar refractivity (Wildman–Crippen MR) is 249 cm³/mol. The van der Waals surface area contributed by atoms with Crippen molar-refractivity contribution in [3.05, 3.63) is 107 Å². The molecule has 10 heteroatoms. The number of rotatable bonds is 19. The van der Waals surface area contributed by atoms with Gasteiger partial charge in [-0.1, -0.05) is 57.2 Å². The summed E-state index contributed by atoms with van der Waals surface area (Å²) < 4.78 is 29.1. The summed E-state index contributed by atoms with van der Waals surface area (Å²) in [5, 5.41) is 3.18. The summed E-state index contributed by atoms with van der Waals surface area (Å²) in [4.78, 5) is 36.3. The van der Waals surface area contributed by atoms with E-state index in [1.165, 1.54) is 18.1 Å². The number of carbonyl (C=O) groups excluding carboxylic acids is 2. The fourth-order valence-electron chi connectivity index (χ4n) is 7.49. The van der Waals surface area contributed by atoms with Crippen molar-refractivity contribution in [2.45, 2.75) is 60.8 Å². The third-order valence-corrected chi connectivity index (χ3v) is 11.5. The molecule has 1 N–H and O–H groups in total. The Hall–Kier alpha value is -6.16. The highest BCUT2D eigenvalue weighted by atomic mass is 16.5. The van der Waals surface area contributed by atoms with Crippen LogP contribution >= 0.6 is 0 Å². The standard InChI is InChI=1S/C51H61N3O7/c1-11-36(39-16-20-42(57-8)21-17-39)24-32(3)30-53-45-28-49(47(58-9)26-43(45)35(6)55)60-22-13-23-61-50-29-46-44(27-48(50)59-10)51(56)34(5)33(4)40(31-54-46)25-37(12-2)38-14-18-41(52-7)19-15-38/h11-12,14-21,26-34,40,52H,13,22-25H2,1-10H3/b36-11+,37-12+,53-30-,54-31-/t32-,33?,34?,40-/m0/s1. The van der Waals surface area contributed by atoms with Gasteiger partial charge in [0, 0.05) is 66.7 Å². The number of fused-ring (bicyclic) bond motifs is 1. The Morgan fingerprint density at radius 2 is 1.43 bits per heavy atom. The van der Waals surface area contributed by atoms with E-state index < -0.39 is 0 Å². The van der Waals surface area contributed by atoms with Gasteiger partial charge in [-0.05, 0) is 104 Å². The lowest BCUT2D eigenvalue weighted by Crippen LogP contribution is -2.28. The number of ketones is 2. The Bertz CT molecular complexity index is 2260. The number of benzene rings is 4. The predicted octanol–water partition coefficient (Wildman–Crippen LogP) is 11.9. The fourth-order valence-corrected chi connectivity index (χ4v) is 7.49. The summed E-state index contributed by atoms with van der Waals surface area (Å²) in [6, 6.07) is 23.4. The zero-order valence-corrected chi connectivity index (χ0v) is 37.3. The van der Waals surface area contributed by atoms with Gasteiger partial charge in [0.2, 0.25) is 0 Å². The van der Waals surface area contributed by atoms with Gasteiger partial charge in [-0.3, -0.25) is 19.6 Å². The maximum Gasteiger partial charge on any atom is 0.168 e. The molecule has 0 saturated heterocycles. The zero-order chi connectivity index (χ0) is 44.1. The highest BCUT2D eigenvalue weighted by Gasteiger charge is 2.32. The number of aliphatic imine (C=N–C) groups is 2. The van der Waals surface area contributed by atoms with Crippen molar-refractivity contribution in [2.75, 3.05) is 46.9 Å². The van der Waals surface area contributed by atoms with Gasteiger partial charge >= 0.3 is 0 Å². The van der Waals surface area contributed by atoms with Crippen molar-refractivity contribution < 1.29 is 33.3 Å². The highest BCUT2D eigenvalue weighted by Crippen LogP contribution is 2.41. The SMILES string of the molecule is C/C=C(\C[C@H](C)/C=N\c1cc(OCCCOc2cc3c(cc2OC)C(=O)C(C)C(C)[C@@H](C/C(=C\C)c2ccc(NC)cc2)/C=N\3)c(OC)cc1C(C)=O)c1ccc(OC)cc1. The zero-order valence-electron chi connectivity index (χ0n) is 37.3. The van der Waals surface area contributed by atoms with Crippen molar-refractivity contribution >= 4 is 52.2 Å². The lowest BCUT2D eigenvalue weighted by Gasteiger charge is -2.29. The highest BCUT2D eigenvalue weighted by molar-refractivity contribution is 6.04. The van der Waals surface area contributed by atoms with E-state index in [1.54, 1.807) is 45.6 Å². The normalized spacial score (nSPS) is 17.8. The first-order valence-electron chi connectivity index (χ1n) is 21.0. The number of allylic oxidation sites excluding steroid dienone is 4. The summed E-state index contributed by atoms with van der Waals surface area (Å²) >= 11 is 0. The second-order valence-corrected chi connectivity index (χ2v) is 15.4. The van der Waals surface area contributed by atoms with E-state index in [4.69, 9.17) is 33.7 Å². The molecule has 61 heavy (non-hydrogen) atoms. The third kappa shape index (κ3) is 11.6. The Morgan fingerprint density at radius 1 is 0.820 bits per heavy atom. The van der Waals surface area contributed by atoms with E-state index in [0.29, 0.717) is 65.1 Å². The molecule has 2 unspecified atom stereocenters. The molecule has 1 aliphatic rings. The summed E-state index contributed by atoms with van der Waals surface area (Å²) in [5.41, 5.74) is 7.75. The molecule has 0 radical (unpaired) electrons. The topological polar surface area (TPSA) is 117 Å². The Labute approximate surface area is 361 Å². The molecule has 0 spiro atoms. The van der Waals surface area contributed by atoms with E-state index >= 15 is 0 Å². The molecular formula is C51H61N3O7. The van der Waals surface area contributed by atoms with E-state index in [1.807, 2.05) is 45.5 Å². The molecule has 10 nitrogen and oxygen atoms in total. The molecule has 0 saturated carbocycles. The van der Waals surface area contributed by atoms with Gasteiger partial charge in [-0.2, -0.15) is 0 Å². The van der Waals surface area contributed by atoms with Crippen molar-refractivity contribution in [3.63, 3.8) is 0 Å². The number of nitrogens with zero attached hydrogens (tertiary/aromatic N) is 2. The summed E-state index contributed by atoms with van der Waals surface area (Å²) in [6.45, 7) is 12.4. The van der Waals surface area contributed by atoms with Gasteiger partial charge in [-0.25, -0.2) is 0 Å². The number of nitrogens with one attached hydrogen (secondary N) is 1. The summed E-state index contributed by atoms with van der Waals surface area (Å²) in [5.74, 6) is 2.53. The van der Waals surface area contributed by atoms with Crippen LogP contribution in [0.15, 0.2) is 94.9 Å². The second-order valence-electron chi connectivity index (χ2n) is 15.4. The molecular weight excluding hydrogens is 767 g/mol. The first-order chi connectivity index (χ1) is 29.4. The smallest absolute Gasteiger partial charge is 0.168 e.